The van der Waals surface area contributed by atoms with Crippen molar-refractivity contribution in [2.24, 2.45) is 0 Å². The molecule has 4 N–H and O–H groups in total. The molecule has 4 rings (SSSR count). The smallest absolute Gasteiger partial charge is 0.254 e. The summed E-state index contributed by atoms with van der Waals surface area (Å²) in [5.41, 5.74) is 3.32. The number of halogens is 2. The highest BCUT2D eigenvalue weighted by Crippen LogP contribution is 2.33. The molecular weight excluding hydrogens is 647 g/mol. The second kappa shape index (κ2) is 15.8. The molecule has 3 aromatic rings. The summed E-state index contributed by atoms with van der Waals surface area (Å²) in [5.74, 6) is -2.16. The Labute approximate surface area is 278 Å². The van der Waals surface area contributed by atoms with Crippen LogP contribution in [-0.4, -0.2) is 61.4 Å². The fraction of sp³-hybridized carbons (Fsp3) is 0.394. The minimum Gasteiger partial charge on any atom is -0.325 e. The van der Waals surface area contributed by atoms with E-state index in [0.717, 1.165) is 23.1 Å². The van der Waals surface area contributed by atoms with E-state index in [-0.39, 0.29) is 28.2 Å². The van der Waals surface area contributed by atoms with E-state index in [1.54, 1.807) is 32.0 Å². The van der Waals surface area contributed by atoms with Crippen LogP contribution in [0.5, 0.6) is 0 Å². The molecule has 2 amide bonds. The van der Waals surface area contributed by atoms with Gasteiger partial charge in [0.05, 0.1) is 11.4 Å². The second-order valence-electron chi connectivity index (χ2n) is 11.5. The Balaban J connectivity index is 1.52. The van der Waals surface area contributed by atoms with E-state index in [9.17, 15) is 26.8 Å². The van der Waals surface area contributed by atoms with Gasteiger partial charge < -0.3 is 21.4 Å². The number of amides is 2. The first kappa shape index (κ1) is 36.0. The molecule has 1 aliphatic heterocycles. The zero-order valence-corrected chi connectivity index (χ0v) is 28.5. The van der Waals surface area contributed by atoms with Crippen molar-refractivity contribution in [3.63, 3.8) is 0 Å². The van der Waals surface area contributed by atoms with E-state index in [1.807, 2.05) is 6.92 Å². The first-order valence-corrected chi connectivity index (χ1v) is 17.6. The molecule has 2 aromatic carbocycles. The molecule has 0 spiro atoms. The van der Waals surface area contributed by atoms with E-state index in [4.69, 9.17) is 5.41 Å². The summed E-state index contributed by atoms with van der Waals surface area (Å²) >= 11 is 0.919. The molecule has 2 atom stereocenters. The van der Waals surface area contributed by atoms with Crippen LogP contribution in [0, 0.1) is 30.9 Å². The Hall–Kier alpha value is -3.85. The molecule has 1 saturated heterocycles. The summed E-state index contributed by atoms with van der Waals surface area (Å²) in [6, 6.07) is 9.90. The third-order valence-corrected chi connectivity index (χ3v) is 11.6. The van der Waals surface area contributed by atoms with Crippen LogP contribution in [0.2, 0.25) is 0 Å². The normalized spacial score (nSPS) is 16.7. The highest BCUT2D eigenvalue weighted by Gasteiger charge is 2.36. The molecule has 0 radical (unpaired) electrons. The first-order valence-electron chi connectivity index (χ1n) is 15.3. The molecule has 47 heavy (non-hydrogen) atoms. The quantitative estimate of drug-likeness (QED) is 0.178. The van der Waals surface area contributed by atoms with Gasteiger partial charge in [-0.05, 0) is 79.6 Å². The van der Waals surface area contributed by atoms with Crippen molar-refractivity contribution < 1.29 is 26.8 Å². The van der Waals surface area contributed by atoms with Crippen molar-refractivity contribution in [2.75, 3.05) is 25.0 Å². The maximum Gasteiger partial charge on any atom is 0.254 e. The van der Waals surface area contributed by atoms with Gasteiger partial charge in [0.15, 0.2) is 9.34 Å². The summed E-state index contributed by atoms with van der Waals surface area (Å²) in [4.78, 5) is 29.1. The fourth-order valence-electron chi connectivity index (χ4n) is 5.78. The molecule has 10 nitrogen and oxygen atoms in total. The number of aromatic nitrogens is 1. The van der Waals surface area contributed by atoms with Crippen LogP contribution in [0.25, 0.3) is 0 Å². The number of anilines is 1. The summed E-state index contributed by atoms with van der Waals surface area (Å²) < 4.78 is 57.2. The van der Waals surface area contributed by atoms with Gasteiger partial charge in [-0.1, -0.05) is 36.5 Å². The number of benzene rings is 2. The standard InChI is InChI=1S/C33H40F2N6O4S2/c1-5-23(8-11-28-19-37-12-13-41(28)47(44,45)32-21(3)38-33(46-32)39-22(4)42)30(18-36)40-31(43)17-29(24-6-9-26(34)10-7-24)25-14-20(2)15-27(35)16-25/h6-7,9-10,14-16,18,28-29,36-37H,5,8,11-13,17,19H2,1-4H3,(H,40,43)(H,38,39,42)/b30-23-,36-18?/t28-,29-/m0/s1. The van der Waals surface area contributed by atoms with Crippen molar-refractivity contribution in [1.82, 2.24) is 19.9 Å². The Morgan fingerprint density at radius 2 is 1.87 bits per heavy atom. The minimum atomic E-state index is -3.91. The zero-order chi connectivity index (χ0) is 34.3. The number of sulfonamides is 1. The van der Waals surface area contributed by atoms with Crippen LogP contribution in [0.4, 0.5) is 13.9 Å². The molecular formula is C33H40F2N6O4S2. The largest absolute Gasteiger partial charge is 0.325 e. The van der Waals surface area contributed by atoms with Gasteiger partial charge >= 0.3 is 0 Å². The van der Waals surface area contributed by atoms with Gasteiger partial charge in [-0.2, -0.15) is 4.31 Å². The number of carbonyl (C=O) groups is 2. The summed E-state index contributed by atoms with van der Waals surface area (Å²) in [5, 5.41) is 17.0. The van der Waals surface area contributed by atoms with Gasteiger partial charge in [-0.25, -0.2) is 22.2 Å². The van der Waals surface area contributed by atoms with Crippen LogP contribution < -0.4 is 16.0 Å². The third kappa shape index (κ3) is 9.15. The number of hydrogen-bond donors (Lipinski definition) is 4. The van der Waals surface area contributed by atoms with E-state index in [1.165, 1.54) is 35.5 Å². The number of nitrogens with one attached hydrogen (secondary N) is 4. The number of hydrogen-bond acceptors (Lipinski definition) is 8. The Bertz CT molecular complexity index is 1740. The molecule has 1 aromatic heterocycles. The van der Waals surface area contributed by atoms with Crippen molar-refractivity contribution in [1.29, 1.82) is 5.41 Å². The maximum atomic E-state index is 14.4. The van der Waals surface area contributed by atoms with Crippen LogP contribution in [0.3, 0.4) is 0 Å². The Morgan fingerprint density at radius 3 is 2.51 bits per heavy atom. The molecule has 1 fully saturated rings. The van der Waals surface area contributed by atoms with E-state index in [2.05, 4.69) is 20.9 Å². The second-order valence-corrected chi connectivity index (χ2v) is 14.6. The molecule has 14 heteroatoms. The zero-order valence-electron chi connectivity index (χ0n) is 26.8. The molecule has 0 saturated carbocycles. The SMILES string of the molecule is CC/C(CC[C@H]1CNCCN1S(=O)(=O)c1sc(NC(C)=O)nc1C)=C(\C=N)NC(=O)C[C@@H](c1ccc(F)cc1)c1cc(C)cc(F)c1. The van der Waals surface area contributed by atoms with Crippen LogP contribution in [0.15, 0.2) is 57.9 Å². The topological polar surface area (TPSA) is 144 Å². The molecule has 0 aliphatic carbocycles. The van der Waals surface area contributed by atoms with E-state index in [0.29, 0.717) is 60.4 Å². The van der Waals surface area contributed by atoms with Crippen molar-refractivity contribution in [3.05, 3.63) is 87.8 Å². The molecule has 0 unspecified atom stereocenters. The minimum absolute atomic E-state index is 0.0733. The summed E-state index contributed by atoms with van der Waals surface area (Å²) in [6.07, 6.45) is 2.36. The molecule has 0 bridgehead atoms. The molecule has 252 valence electrons. The lowest BCUT2D eigenvalue weighted by atomic mass is 9.87. The van der Waals surface area contributed by atoms with Crippen molar-refractivity contribution in [2.45, 2.75) is 69.5 Å². The summed E-state index contributed by atoms with van der Waals surface area (Å²) in [6.45, 7) is 7.74. The lowest BCUT2D eigenvalue weighted by molar-refractivity contribution is -0.120. The van der Waals surface area contributed by atoms with Crippen LogP contribution in [-0.2, 0) is 19.6 Å². The lowest BCUT2D eigenvalue weighted by Gasteiger charge is -2.35. The van der Waals surface area contributed by atoms with Gasteiger partial charge in [0.1, 0.15) is 11.6 Å². The average molecular weight is 687 g/mol. The van der Waals surface area contributed by atoms with Gasteiger partial charge in [0, 0.05) is 51.2 Å². The number of piperazine rings is 1. The highest BCUT2D eigenvalue weighted by molar-refractivity contribution is 7.91. The van der Waals surface area contributed by atoms with Crippen LogP contribution >= 0.6 is 11.3 Å². The monoisotopic (exact) mass is 686 g/mol. The van der Waals surface area contributed by atoms with Gasteiger partial charge in [0.2, 0.25) is 11.8 Å². The number of thiazole rings is 1. The highest BCUT2D eigenvalue weighted by atomic mass is 32.2. The number of allylic oxidation sites excluding steroid dienone is 2. The summed E-state index contributed by atoms with van der Waals surface area (Å²) in [7, 11) is -3.91. The van der Waals surface area contributed by atoms with Crippen molar-refractivity contribution >= 4 is 44.5 Å². The number of aryl methyl sites for hydroxylation is 2. The van der Waals surface area contributed by atoms with Crippen molar-refractivity contribution in [3.8, 4) is 0 Å². The van der Waals surface area contributed by atoms with Gasteiger partial charge in [-0.3, -0.25) is 9.59 Å². The number of nitrogens with zero attached hydrogens (tertiary/aromatic N) is 2. The molecule has 1 aliphatic rings. The predicted octanol–water partition coefficient (Wildman–Crippen LogP) is 5.39. The predicted molar refractivity (Wildman–Crippen MR) is 179 cm³/mol. The average Bonchev–Trinajstić information content (AvgIpc) is 3.39. The number of carbonyl (C=O) groups excluding carboxylic acids is 2. The van der Waals surface area contributed by atoms with Gasteiger partial charge in [0.25, 0.3) is 10.0 Å². The first-order chi connectivity index (χ1) is 22.3. The fourth-order valence-corrected chi connectivity index (χ4v) is 9.01. The van der Waals surface area contributed by atoms with Gasteiger partial charge in [-0.15, -0.1) is 0 Å². The van der Waals surface area contributed by atoms with E-state index >= 15 is 0 Å². The number of rotatable bonds is 13. The third-order valence-electron chi connectivity index (χ3n) is 8.01. The Kier molecular flexibility index (Phi) is 12.1. The van der Waals surface area contributed by atoms with Crippen LogP contribution in [0.1, 0.15) is 67.8 Å². The lowest BCUT2D eigenvalue weighted by Crippen LogP contribution is -2.53. The maximum absolute atomic E-state index is 14.4. The Morgan fingerprint density at radius 1 is 1.15 bits per heavy atom. The molecule has 2 heterocycles. The van der Waals surface area contributed by atoms with E-state index < -0.39 is 39.5 Å².